The molecule has 0 saturated heterocycles. The number of allylic oxidation sites excluding steroid dienone is 3. The van der Waals surface area contributed by atoms with Gasteiger partial charge in [-0.3, -0.25) is 9.48 Å². The first kappa shape index (κ1) is 16.6. The Morgan fingerprint density at radius 1 is 1.28 bits per heavy atom. The zero-order valence-corrected chi connectivity index (χ0v) is 14.4. The molecule has 3 aliphatic rings. The molecule has 0 N–H and O–H groups in total. The Balaban J connectivity index is 1.49. The third-order valence-corrected chi connectivity index (χ3v) is 5.70. The van der Waals surface area contributed by atoms with Crippen molar-refractivity contribution in [1.82, 2.24) is 9.78 Å². The summed E-state index contributed by atoms with van der Waals surface area (Å²) in [4.78, 5) is 11.2. The van der Waals surface area contributed by atoms with Gasteiger partial charge in [0.1, 0.15) is 11.9 Å². The van der Waals surface area contributed by atoms with E-state index in [1.807, 2.05) is 6.20 Å². The minimum Gasteiger partial charge on any atom is -0.493 e. The molecule has 1 aromatic heterocycles. The number of carbonyl (C=O) groups is 1. The summed E-state index contributed by atoms with van der Waals surface area (Å²) < 4.78 is 22.0. The van der Waals surface area contributed by atoms with Gasteiger partial charge in [0.2, 0.25) is 0 Å². The lowest BCUT2D eigenvalue weighted by atomic mass is 9.78. The molecule has 2 fully saturated rings. The van der Waals surface area contributed by atoms with Crippen LogP contribution in [0.3, 0.4) is 0 Å². The minimum absolute atomic E-state index is 0.151. The average Bonchev–Trinajstić information content (AvgIpc) is 3.37. The zero-order chi connectivity index (χ0) is 17.2. The van der Waals surface area contributed by atoms with Crippen molar-refractivity contribution in [2.75, 3.05) is 6.61 Å². The Kier molecular flexibility index (Phi) is 4.73. The first-order chi connectivity index (χ1) is 12.3. The van der Waals surface area contributed by atoms with E-state index < -0.39 is 6.17 Å². The first-order valence-corrected chi connectivity index (χ1v) is 9.44. The fourth-order valence-corrected chi connectivity index (χ4v) is 4.17. The first-order valence-electron chi connectivity index (χ1n) is 9.44. The lowest BCUT2D eigenvalue weighted by Crippen LogP contribution is -2.25. The molecule has 0 aliphatic heterocycles. The van der Waals surface area contributed by atoms with Crippen LogP contribution in [0.2, 0.25) is 0 Å². The van der Waals surface area contributed by atoms with Crippen LogP contribution < -0.4 is 0 Å². The van der Waals surface area contributed by atoms with Gasteiger partial charge < -0.3 is 4.74 Å². The molecule has 4 rings (SSSR count). The maximum absolute atomic E-state index is 13.9. The molecule has 25 heavy (non-hydrogen) atoms. The smallest absolute Gasteiger partial charge is 0.152 e. The molecule has 4 nitrogen and oxygen atoms in total. The normalized spacial score (nSPS) is 29.7. The van der Waals surface area contributed by atoms with Crippen molar-refractivity contribution in [2.45, 2.75) is 63.1 Å². The van der Waals surface area contributed by atoms with Gasteiger partial charge in [-0.15, -0.1) is 0 Å². The molecule has 0 aromatic carbocycles. The standard InChI is InChI=1S/C20H25FN2O2/c21-18-6-3-7-20(17(18)12-24)25-13-14-4-1-2-5-16(14)19-10-11-22-23(19)15-8-9-15/h3,7,10-12,14-16,18H,1-2,4-6,8-9,13H2. The van der Waals surface area contributed by atoms with E-state index >= 15 is 0 Å². The zero-order valence-electron chi connectivity index (χ0n) is 14.4. The maximum atomic E-state index is 13.9. The topological polar surface area (TPSA) is 44.1 Å². The van der Waals surface area contributed by atoms with Crippen LogP contribution in [0.15, 0.2) is 35.7 Å². The predicted octanol–water partition coefficient (Wildman–Crippen LogP) is 4.26. The van der Waals surface area contributed by atoms with Gasteiger partial charge in [-0.25, -0.2) is 4.39 Å². The average molecular weight is 344 g/mol. The van der Waals surface area contributed by atoms with E-state index in [1.165, 1.54) is 31.4 Å². The van der Waals surface area contributed by atoms with E-state index in [-0.39, 0.29) is 12.0 Å². The summed E-state index contributed by atoms with van der Waals surface area (Å²) in [7, 11) is 0. The third kappa shape index (κ3) is 3.42. The van der Waals surface area contributed by atoms with Crippen molar-refractivity contribution < 1.29 is 13.9 Å². The van der Waals surface area contributed by atoms with Crippen LogP contribution in [0.5, 0.6) is 0 Å². The Morgan fingerprint density at radius 2 is 2.12 bits per heavy atom. The highest BCUT2D eigenvalue weighted by atomic mass is 19.1. The van der Waals surface area contributed by atoms with Crippen molar-refractivity contribution in [3.8, 4) is 0 Å². The molecule has 0 amide bonds. The van der Waals surface area contributed by atoms with Crippen LogP contribution in [-0.2, 0) is 9.53 Å². The Bertz CT molecular complexity index is 690. The number of nitrogens with zero attached hydrogens (tertiary/aromatic N) is 2. The van der Waals surface area contributed by atoms with Gasteiger partial charge in [0.05, 0.1) is 18.2 Å². The fraction of sp³-hybridized carbons (Fsp3) is 0.600. The number of alkyl halides is 1. The molecule has 3 aliphatic carbocycles. The van der Waals surface area contributed by atoms with E-state index in [1.54, 1.807) is 12.2 Å². The van der Waals surface area contributed by atoms with Crippen molar-refractivity contribution >= 4 is 6.29 Å². The highest BCUT2D eigenvalue weighted by Crippen LogP contribution is 2.42. The van der Waals surface area contributed by atoms with Crippen molar-refractivity contribution in [1.29, 1.82) is 0 Å². The van der Waals surface area contributed by atoms with Gasteiger partial charge >= 0.3 is 0 Å². The SMILES string of the molecule is O=CC1=C(OCC2CCCCC2c2ccnn2C2CC2)C=CCC1F. The van der Waals surface area contributed by atoms with E-state index in [0.717, 1.165) is 12.8 Å². The molecule has 0 bridgehead atoms. The van der Waals surface area contributed by atoms with Crippen LogP contribution in [-0.4, -0.2) is 28.8 Å². The number of aldehydes is 1. The minimum atomic E-state index is -1.24. The summed E-state index contributed by atoms with van der Waals surface area (Å²) in [6, 6.07) is 2.72. The third-order valence-electron chi connectivity index (χ3n) is 5.70. The molecule has 134 valence electrons. The van der Waals surface area contributed by atoms with Gasteiger partial charge in [0.25, 0.3) is 0 Å². The van der Waals surface area contributed by atoms with Gasteiger partial charge in [0, 0.05) is 30.1 Å². The van der Waals surface area contributed by atoms with E-state index in [2.05, 4.69) is 15.8 Å². The molecule has 1 aromatic rings. The summed E-state index contributed by atoms with van der Waals surface area (Å²) in [5, 5.41) is 4.53. The molecular formula is C20H25FN2O2. The second-order valence-corrected chi connectivity index (χ2v) is 7.44. The van der Waals surface area contributed by atoms with E-state index in [4.69, 9.17) is 4.74 Å². The number of carbonyl (C=O) groups excluding carboxylic acids is 1. The quantitative estimate of drug-likeness (QED) is 0.724. The summed E-state index contributed by atoms with van der Waals surface area (Å²) in [5.41, 5.74) is 1.47. The number of rotatable bonds is 6. The van der Waals surface area contributed by atoms with Crippen LogP contribution in [0.4, 0.5) is 4.39 Å². The Labute approximate surface area is 147 Å². The van der Waals surface area contributed by atoms with Crippen molar-refractivity contribution in [3.63, 3.8) is 0 Å². The summed E-state index contributed by atoms with van der Waals surface area (Å²) in [6.45, 7) is 0.532. The Morgan fingerprint density at radius 3 is 2.92 bits per heavy atom. The van der Waals surface area contributed by atoms with Crippen LogP contribution in [0, 0.1) is 5.92 Å². The van der Waals surface area contributed by atoms with Crippen LogP contribution in [0.1, 0.15) is 62.6 Å². The molecule has 0 spiro atoms. The Hall–Kier alpha value is -1.91. The second-order valence-electron chi connectivity index (χ2n) is 7.44. The summed E-state index contributed by atoms with van der Waals surface area (Å²) in [6.07, 6.45) is 12.1. The van der Waals surface area contributed by atoms with Crippen molar-refractivity contribution in [3.05, 3.63) is 41.4 Å². The van der Waals surface area contributed by atoms with Crippen LogP contribution >= 0.6 is 0 Å². The number of halogens is 1. The second kappa shape index (κ2) is 7.14. The highest BCUT2D eigenvalue weighted by molar-refractivity contribution is 5.77. The van der Waals surface area contributed by atoms with Crippen molar-refractivity contribution in [2.24, 2.45) is 5.92 Å². The molecule has 3 atom stereocenters. The van der Waals surface area contributed by atoms with Gasteiger partial charge in [0.15, 0.2) is 6.29 Å². The monoisotopic (exact) mass is 344 g/mol. The predicted molar refractivity (Wildman–Crippen MR) is 92.9 cm³/mol. The van der Waals surface area contributed by atoms with E-state index in [0.29, 0.717) is 36.5 Å². The molecule has 1 heterocycles. The number of aromatic nitrogens is 2. The molecule has 3 unspecified atom stereocenters. The lowest BCUT2D eigenvalue weighted by Gasteiger charge is -2.32. The maximum Gasteiger partial charge on any atom is 0.152 e. The highest BCUT2D eigenvalue weighted by Gasteiger charge is 2.34. The fourth-order valence-electron chi connectivity index (χ4n) is 4.17. The van der Waals surface area contributed by atoms with Gasteiger partial charge in [-0.1, -0.05) is 18.9 Å². The lowest BCUT2D eigenvalue weighted by molar-refractivity contribution is -0.105. The molecule has 5 heteroatoms. The number of hydrogen-bond acceptors (Lipinski definition) is 3. The summed E-state index contributed by atoms with van der Waals surface area (Å²) >= 11 is 0. The van der Waals surface area contributed by atoms with Crippen LogP contribution in [0.25, 0.3) is 0 Å². The van der Waals surface area contributed by atoms with E-state index in [9.17, 15) is 9.18 Å². The summed E-state index contributed by atoms with van der Waals surface area (Å²) in [5.74, 6) is 1.23. The van der Waals surface area contributed by atoms with Gasteiger partial charge in [-0.2, -0.15) is 5.10 Å². The molecular weight excluding hydrogens is 319 g/mol. The number of ether oxygens (including phenoxy) is 1. The largest absolute Gasteiger partial charge is 0.493 e. The van der Waals surface area contributed by atoms with Gasteiger partial charge in [-0.05, 0) is 37.8 Å². The number of hydrogen-bond donors (Lipinski definition) is 0. The molecule has 0 radical (unpaired) electrons. The molecule has 2 saturated carbocycles.